The molecule has 3 aromatic rings. The Balaban J connectivity index is 1.54. The Hall–Kier alpha value is -3.92. The van der Waals surface area contributed by atoms with Gasteiger partial charge in [0.2, 0.25) is 0 Å². The lowest BCUT2D eigenvalue weighted by molar-refractivity contribution is 0.240. The van der Waals surface area contributed by atoms with Crippen LogP contribution in [0.1, 0.15) is 16.7 Å². The molecule has 0 atom stereocenters. The van der Waals surface area contributed by atoms with Crippen LogP contribution in [0, 0.1) is 12.3 Å². The minimum Gasteiger partial charge on any atom is -0.493 e. The molecule has 0 fully saturated rings. The highest BCUT2D eigenvalue weighted by Gasteiger charge is 2.08. The van der Waals surface area contributed by atoms with E-state index in [4.69, 9.17) is 15.9 Å². The monoisotopic (exact) mass is 404 g/mol. The van der Waals surface area contributed by atoms with Gasteiger partial charge in [-0.1, -0.05) is 36.3 Å². The van der Waals surface area contributed by atoms with Crippen LogP contribution in [-0.4, -0.2) is 29.5 Å². The van der Waals surface area contributed by atoms with Gasteiger partial charge < -0.3 is 20.1 Å². The third-order valence-electron chi connectivity index (χ3n) is 4.44. The van der Waals surface area contributed by atoms with Gasteiger partial charge in [0.15, 0.2) is 11.5 Å². The smallest absolute Gasteiger partial charge is 0.315 e. The molecule has 0 radical (unpaired) electrons. The number of terminal acetylenes is 1. The van der Waals surface area contributed by atoms with Gasteiger partial charge in [-0.2, -0.15) is 5.10 Å². The van der Waals surface area contributed by atoms with E-state index in [1.165, 1.54) is 0 Å². The Morgan fingerprint density at radius 3 is 2.63 bits per heavy atom. The number of carbonyl (C=O) groups excluding carboxylic acids is 1. The molecule has 0 aliphatic carbocycles. The molecule has 7 nitrogen and oxygen atoms in total. The van der Waals surface area contributed by atoms with Crippen molar-refractivity contribution in [3.8, 4) is 23.8 Å². The van der Waals surface area contributed by atoms with Crippen LogP contribution in [0.3, 0.4) is 0 Å². The van der Waals surface area contributed by atoms with E-state index >= 15 is 0 Å². The molecule has 0 unspecified atom stereocenters. The Kier molecular flexibility index (Phi) is 7.34. The predicted octanol–water partition coefficient (Wildman–Crippen LogP) is 2.95. The van der Waals surface area contributed by atoms with Gasteiger partial charge in [-0.15, -0.1) is 6.42 Å². The Bertz CT molecular complexity index is 1010. The highest BCUT2D eigenvalue weighted by molar-refractivity contribution is 5.73. The first-order chi connectivity index (χ1) is 14.7. The summed E-state index contributed by atoms with van der Waals surface area (Å²) < 4.78 is 12.6. The first-order valence-corrected chi connectivity index (χ1v) is 9.48. The summed E-state index contributed by atoms with van der Waals surface area (Å²) in [6.45, 7) is 1.56. The number of methoxy groups -OCH3 is 1. The molecule has 1 heterocycles. The molecule has 30 heavy (non-hydrogen) atoms. The number of benzene rings is 2. The highest BCUT2D eigenvalue weighted by atomic mass is 16.5. The maximum Gasteiger partial charge on any atom is 0.315 e. The minimum absolute atomic E-state index is 0.145. The van der Waals surface area contributed by atoms with Crippen LogP contribution in [0.4, 0.5) is 4.79 Å². The number of carbonyl (C=O) groups is 1. The number of nitrogens with one attached hydrogen (secondary N) is 2. The first-order valence-electron chi connectivity index (χ1n) is 9.48. The van der Waals surface area contributed by atoms with Gasteiger partial charge in [-0.3, -0.25) is 4.68 Å². The zero-order chi connectivity index (χ0) is 21.2. The van der Waals surface area contributed by atoms with E-state index in [9.17, 15) is 4.79 Å². The zero-order valence-corrected chi connectivity index (χ0v) is 16.8. The molecular formula is C23H24N4O3. The standard InChI is InChI=1S/C23H24N4O3/c1-3-13-30-22-14-18(9-10-21(22)29-2)15-24-23(28)25-16-19-7-4-5-8-20(19)17-27-12-6-11-26-27/h1,4-12,14H,13,15-17H2,2H3,(H2,24,25,28). The van der Waals surface area contributed by atoms with Crippen molar-refractivity contribution in [2.75, 3.05) is 13.7 Å². The number of amides is 2. The van der Waals surface area contributed by atoms with Crippen molar-refractivity contribution in [3.05, 3.63) is 77.6 Å². The number of aromatic nitrogens is 2. The van der Waals surface area contributed by atoms with Gasteiger partial charge in [0.25, 0.3) is 0 Å². The maximum absolute atomic E-state index is 12.3. The molecule has 2 aromatic carbocycles. The SMILES string of the molecule is C#CCOc1cc(CNC(=O)NCc2ccccc2Cn2cccn2)ccc1OC. The number of hydrogen-bond donors (Lipinski definition) is 2. The third-order valence-corrected chi connectivity index (χ3v) is 4.44. The van der Waals surface area contributed by atoms with Crippen molar-refractivity contribution in [2.24, 2.45) is 0 Å². The lowest BCUT2D eigenvalue weighted by Gasteiger charge is -2.13. The molecule has 0 spiro atoms. The van der Waals surface area contributed by atoms with Crippen molar-refractivity contribution in [1.29, 1.82) is 0 Å². The molecule has 0 saturated heterocycles. The molecule has 3 rings (SSSR count). The van der Waals surface area contributed by atoms with Crippen LogP contribution in [-0.2, 0) is 19.6 Å². The van der Waals surface area contributed by atoms with Gasteiger partial charge in [0, 0.05) is 25.5 Å². The van der Waals surface area contributed by atoms with Gasteiger partial charge in [0.05, 0.1) is 13.7 Å². The van der Waals surface area contributed by atoms with Crippen LogP contribution in [0.25, 0.3) is 0 Å². The maximum atomic E-state index is 12.3. The van der Waals surface area contributed by atoms with E-state index in [-0.39, 0.29) is 12.6 Å². The van der Waals surface area contributed by atoms with Crippen LogP contribution >= 0.6 is 0 Å². The summed E-state index contributed by atoms with van der Waals surface area (Å²) in [7, 11) is 1.56. The first kappa shape index (κ1) is 20.8. The second kappa shape index (κ2) is 10.6. The average molecular weight is 404 g/mol. The fraction of sp³-hybridized carbons (Fsp3) is 0.217. The summed E-state index contributed by atoms with van der Waals surface area (Å²) >= 11 is 0. The summed E-state index contributed by atoms with van der Waals surface area (Å²) in [6.07, 6.45) is 8.90. The van der Waals surface area contributed by atoms with Crippen molar-refractivity contribution >= 4 is 6.03 Å². The number of urea groups is 1. The normalized spacial score (nSPS) is 10.1. The fourth-order valence-corrected chi connectivity index (χ4v) is 2.94. The summed E-state index contributed by atoms with van der Waals surface area (Å²) in [5, 5.41) is 9.99. The number of hydrogen-bond acceptors (Lipinski definition) is 4. The van der Waals surface area contributed by atoms with E-state index in [2.05, 4.69) is 21.7 Å². The van der Waals surface area contributed by atoms with Crippen molar-refractivity contribution in [1.82, 2.24) is 20.4 Å². The van der Waals surface area contributed by atoms with Crippen molar-refractivity contribution < 1.29 is 14.3 Å². The minimum atomic E-state index is -0.259. The summed E-state index contributed by atoms with van der Waals surface area (Å²) in [5.41, 5.74) is 3.02. The van der Waals surface area contributed by atoms with Gasteiger partial charge in [-0.05, 0) is 34.9 Å². The molecule has 0 aliphatic heterocycles. The molecule has 2 N–H and O–H groups in total. The van der Waals surface area contributed by atoms with Crippen LogP contribution in [0.5, 0.6) is 11.5 Å². The Labute approximate surface area is 176 Å². The highest BCUT2D eigenvalue weighted by Crippen LogP contribution is 2.27. The quantitative estimate of drug-likeness (QED) is 0.538. The van der Waals surface area contributed by atoms with Crippen molar-refractivity contribution in [2.45, 2.75) is 19.6 Å². The summed E-state index contributed by atoms with van der Waals surface area (Å²) in [4.78, 5) is 12.3. The topological polar surface area (TPSA) is 77.4 Å². The van der Waals surface area contributed by atoms with Crippen LogP contribution < -0.4 is 20.1 Å². The summed E-state index contributed by atoms with van der Waals surface area (Å²) in [5.74, 6) is 3.56. The number of ether oxygens (including phenoxy) is 2. The molecule has 0 saturated carbocycles. The van der Waals surface area contributed by atoms with E-state index in [1.54, 1.807) is 25.4 Å². The number of nitrogens with zero attached hydrogens (tertiary/aromatic N) is 2. The summed E-state index contributed by atoms with van der Waals surface area (Å²) in [6, 6.07) is 15.0. The molecule has 1 aromatic heterocycles. The number of rotatable bonds is 9. The van der Waals surface area contributed by atoms with E-state index in [0.29, 0.717) is 31.1 Å². The molecule has 0 bridgehead atoms. The second-order valence-corrected chi connectivity index (χ2v) is 6.49. The lowest BCUT2D eigenvalue weighted by atomic mass is 10.1. The van der Waals surface area contributed by atoms with Gasteiger partial charge in [-0.25, -0.2) is 4.79 Å². The van der Waals surface area contributed by atoms with Crippen LogP contribution in [0.15, 0.2) is 60.9 Å². The largest absolute Gasteiger partial charge is 0.493 e. The zero-order valence-electron chi connectivity index (χ0n) is 16.8. The van der Waals surface area contributed by atoms with Crippen LogP contribution in [0.2, 0.25) is 0 Å². The molecule has 2 amide bonds. The lowest BCUT2D eigenvalue weighted by Crippen LogP contribution is -2.34. The van der Waals surface area contributed by atoms with E-state index in [1.807, 2.05) is 47.3 Å². The molecule has 154 valence electrons. The van der Waals surface area contributed by atoms with E-state index in [0.717, 1.165) is 16.7 Å². The Morgan fingerprint density at radius 2 is 1.90 bits per heavy atom. The van der Waals surface area contributed by atoms with E-state index < -0.39 is 0 Å². The molecular weight excluding hydrogens is 380 g/mol. The second-order valence-electron chi connectivity index (χ2n) is 6.49. The average Bonchev–Trinajstić information content (AvgIpc) is 3.28. The van der Waals surface area contributed by atoms with Gasteiger partial charge in [0.1, 0.15) is 6.61 Å². The molecule has 0 aliphatic rings. The fourth-order valence-electron chi connectivity index (χ4n) is 2.94. The van der Waals surface area contributed by atoms with Gasteiger partial charge >= 0.3 is 6.03 Å². The van der Waals surface area contributed by atoms with Crippen molar-refractivity contribution in [3.63, 3.8) is 0 Å². The molecule has 7 heteroatoms. The predicted molar refractivity (Wildman–Crippen MR) is 114 cm³/mol. The third kappa shape index (κ3) is 5.79. The Morgan fingerprint density at radius 1 is 1.10 bits per heavy atom.